The Labute approximate surface area is 165 Å². The highest BCUT2D eigenvalue weighted by molar-refractivity contribution is 9.10. The van der Waals surface area contributed by atoms with Crippen molar-refractivity contribution in [1.29, 1.82) is 0 Å². The summed E-state index contributed by atoms with van der Waals surface area (Å²) in [5.74, 6) is 0.122. The largest absolute Gasteiger partial charge is 0.508 e. The van der Waals surface area contributed by atoms with Crippen LogP contribution in [0.1, 0.15) is 27.8 Å². The molecule has 136 valence electrons. The summed E-state index contributed by atoms with van der Waals surface area (Å²) >= 11 is 3.60. The zero-order valence-electron chi connectivity index (χ0n) is 14.9. The first-order valence-corrected chi connectivity index (χ1v) is 9.35. The summed E-state index contributed by atoms with van der Waals surface area (Å²) in [4.78, 5) is 13.4. The second-order valence-corrected chi connectivity index (χ2v) is 7.65. The number of aromatic hydroxyl groups is 2. The maximum Gasteiger partial charge on any atom is 0.244 e. The molecule has 0 atom stereocenters. The van der Waals surface area contributed by atoms with Gasteiger partial charge in [-0.25, -0.2) is 0 Å². The van der Waals surface area contributed by atoms with E-state index in [4.69, 9.17) is 0 Å². The Morgan fingerprint density at radius 1 is 0.889 bits per heavy atom. The number of phenolic OH excluding ortho intramolecular Hbond substituents is 2. The van der Waals surface area contributed by atoms with E-state index >= 15 is 0 Å². The molecule has 4 rings (SSSR count). The van der Waals surface area contributed by atoms with Crippen LogP contribution >= 0.6 is 15.9 Å². The van der Waals surface area contributed by atoms with Crippen LogP contribution in [0.3, 0.4) is 0 Å². The zero-order valence-corrected chi connectivity index (χ0v) is 16.5. The van der Waals surface area contributed by atoms with Gasteiger partial charge in [-0.2, -0.15) is 0 Å². The van der Waals surface area contributed by atoms with E-state index in [-0.39, 0.29) is 17.4 Å². The van der Waals surface area contributed by atoms with Crippen molar-refractivity contribution in [3.05, 3.63) is 86.9 Å². The minimum absolute atomic E-state index is 0.140. The number of fused-ring (bicyclic) bond motifs is 1. The molecule has 1 heterocycles. The van der Waals surface area contributed by atoms with Gasteiger partial charge in [0, 0.05) is 15.7 Å². The molecule has 0 saturated heterocycles. The second kappa shape index (κ2) is 6.13. The van der Waals surface area contributed by atoms with Gasteiger partial charge in [-0.05, 0) is 60.4 Å². The maximum absolute atomic E-state index is 13.4. The minimum atomic E-state index is -1.06. The average Bonchev–Trinajstić information content (AvgIpc) is 2.94. The Bertz CT molecular complexity index is 1010. The first-order valence-electron chi connectivity index (χ1n) is 8.56. The van der Waals surface area contributed by atoms with E-state index in [1.54, 1.807) is 48.5 Å². The highest BCUT2D eigenvalue weighted by Crippen LogP contribution is 2.50. The number of hydrogen-bond donors (Lipinski definition) is 3. The topological polar surface area (TPSA) is 69.6 Å². The van der Waals surface area contributed by atoms with E-state index in [1.165, 1.54) is 0 Å². The van der Waals surface area contributed by atoms with Gasteiger partial charge in [-0.15, -0.1) is 0 Å². The standard InChI is InChI=1S/C22H18BrNO3/c1-12-11-18-20(13(2)19(12)23)24-21(27)22(18,14-3-7-16(25)8-4-14)15-5-9-17(26)10-6-15/h3-11,25-26H,1-2H3,(H,24,27). The van der Waals surface area contributed by atoms with E-state index in [9.17, 15) is 15.0 Å². The summed E-state index contributed by atoms with van der Waals surface area (Å²) in [6, 6.07) is 15.4. The lowest BCUT2D eigenvalue weighted by molar-refractivity contribution is -0.118. The van der Waals surface area contributed by atoms with E-state index in [0.29, 0.717) is 0 Å². The van der Waals surface area contributed by atoms with Gasteiger partial charge in [0.25, 0.3) is 0 Å². The molecule has 0 fully saturated rings. The number of amides is 1. The SMILES string of the molecule is Cc1cc2c(c(C)c1Br)NC(=O)C2(c1ccc(O)cc1)c1ccc(O)cc1. The van der Waals surface area contributed by atoms with Crippen molar-refractivity contribution < 1.29 is 15.0 Å². The predicted molar refractivity (Wildman–Crippen MR) is 108 cm³/mol. The molecule has 0 saturated carbocycles. The van der Waals surface area contributed by atoms with Crippen molar-refractivity contribution in [1.82, 2.24) is 0 Å². The molecule has 0 bridgehead atoms. The fourth-order valence-corrected chi connectivity index (χ4v) is 4.22. The third kappa shape index (κ3) is 2.46. The lowest BCUT2D eigenvalue weighted by Gasteiger charge is -2.29. The smallest absolute Gasteiger partial charge is 0.244 e. The summed E-state index contributed by atoms with van der Waals surface area (Å²) in [6.07, 6.45) is 0. The van der Waals surface area contributed by atoms with Crippen molar-refractivity contribution in [3.8, 4) is 11.5 Å². The molecule has 3 aromatic rings. The molecule has 0 aliphatic carbocycles. The van der Waals surface area contributed by atoms with Crippen molar-refractivity contribution in [3.63, 3.8) is 0 Å². The van der Waals surface area contributed by atoms with Crippen LogP contribution in [0, 0.1) is 13.8 Å². The van der Waals surface area contributed by atoms with Gasteiger partial charge < -0.3 is 15.5 Å². The average molecular weight is 424 g/mol. The second-order valence-electron chi connectivity index (χ2n) is 6.85. The van der Waals surface area contributed by atoms with Gasteiger partial charge in [0.05, 0.1) is 0 Å². The first kappa shape index (κ1) is 17.6. The molecule has 0 aromatic heterocycles. The first-order chi connectivity index (χ1) is 12.9. The third-order valence-corrected chi connectivity index (χ3v) is 6.48. The molecule has 0 spiro atoms. The number of carbonyl (C=O) groups is 1. The lowest BCUT2D eigenvalue weighted by Crippen LogP contribution is -2.37. The van der Waals surface area contributed by atoms with Gasteiger partial charge in [-0.1, -0.05) is 46.3 Å². The van der Waals surface area contributed by atoms with E-state index < -0.39 is 5.41 Å². The molecule has 27 heavy (non-hydrogen) atoms. The molecule has 3 aromatic carbocycles. The van der Waals surface area contributed by atoms with E-state index in [1.807, 2.05) is 19.9 Å². The molecule has 0 radical (unpaired) electrons. The van der Waals surface area contributed by atoms with Gasteiger partial charge in [0.2, 0.25) is 5.91 Å². The number of rotatable bonds is 2. The highest BCUT2D eigenvalue weighted by Gasteiger charge is 2.50. The summed E-state index contributed by atoms with van der Waals surface area (Å²) in [6.45, 7) is 3.97. The van der Waals surface area contributed by atoms with Crippen LogP contribution in [0.2, 0.25) is 0 Å². The third-order valence-electron chi connectivity index (χ3n) is 5.26. The van der Waals surface area contributed by atoms with E-state index in [2.05, 4.69) is 21.2 Å². The van der Waals surface area contributed by atoms with Crippen LogP contribution in [0.25, 0.3) is 0 Å². The molecule has 1 aliphatic rings. The molecule has 4 nitrogen and oxygen atoms in total. The van der Waals surface area contributed by atoms with Crippen molar-refractivity contribution >= 4 is 27.5 Å². The number of anilines is 1. The van der Waals surface area contributed by atoms with Crippen LogP contribution in [-0.2, 0) is 10.2 Å². The summed E-state index contributed by atoms with van der Waals surface area (Å²) in [7, 11) is 0. The minimum Gasteiger partial charge on any atom is -0.508 e. The molecule has 5 heteroatoms. The fourth-order valence-electron chi connectivity index (χ4n) is 3.91. The quantitative estimate of drug-likeness (QED) is 0.556. The lowest BCUT2D eigenvalue weighted by atomic mass is 9.69. The van der Waals surface area contributed by atoms with Crippen LogP contribution in [0.5, 0.6) is 11.5 Å². The van der Waals surface area contributed by atoms with Crippen LogP contribution in [0.4, 0.5) is 5.69 Å². The normalized spacial score (nSPS) is 14.7. The monoisotopic (exact) mass is 423 g/mol. The van der Waals surface area contributed by atoms with Gasteiger partial charge >= 0.3 is 0 Å². The van der Waals surface area contributed by atoms with E-state index in [0.717, 1.165) is 38.0 Å². The molecule has 1 amide bonds. The Hall–Kier alpha value is -2.79. The Morgan fingerprint density at radius 2 is 1.37 bits per heavy atom. The number of nitrogens with one attached hydrogen (secondary N) is 1. The van der Waals surface area contributed by atoms with Gasteiger partial charge in [0.15, 0.2) is 0 Å². The zero-order chi connectivity index (χ0) is 19.3. The summed E-state index contributed by atoms with van der Waals surface area (Å²) < 4.78 is 0.966. The summed E-state index contributed by atoms with van der Waals surface area (Å²) in [5.41, 5.74) is 4.10. The Balaban J connectivity index is 2.11. The molecule has 3 N–H and O–H groups in total. The number of phenols is 2. The predicted octanol–water partition coefficient (Wildman–Crippen LogP) is 4.76. The van der Waals surface area contributed by atoms with Crippen LogP contribution in [0.15, 0.2) is 59.1 Å². The van der Waals surface area contributed by atoms with Crippen molar-refractivity contribution in [2.75, 3.05) is 5.32 Å². The van der Waals surface area contributed by atoms with Gasteiger partial charge in [-0.3, -0.25) is 4.79 Å². The maximum atomic E-state index is 13.4. The highest BCUT2D eigenvalue weighted by atomic mass is 79.9. The molecular formula is C22H18BrNO3. The van der Waals surface area contributed by atoms with Crippen molar-refractivity contribution in [2.24, 2.45) is 0 Å². The number of halogens is 1. The number of aryl methyl sites for hydroxylation is 1. The molecule has 0 unspecified atom stereocenters. The van der Waals surface area contributed by atoms with Crippen LogP contribution in [-0.4, -0.2) is 16.1 Å². The molecular weight excluding hydrogens is 406 g/mol. The number of hydrogen-bond acceptors (Lipinski definition) is 3. The summed E-state index contributed by atoms with van der Waals surface area (Å²) in [5, 5.41) is 22.5. The van der Waals surface area contributed by atoms with Crippen LogP contribution < -0.4 is 5.32 Å². The number of benzene rings is 3. The Kier molecular flexibility index (Phi) is 4.00. The molecule has 1 aliphatic heterocycles. The van der Waals surface area contributed by atoms with Gasteiger partial charge in [0.1, 0.15) is 16.9 Å². The van der Waals surface area contributed by atoms with Crippen molar-refractivity contribution in [2.45, 2.75) is 19.3 Å². The fraction of sp³-hybridized carbons (Fsp3) is 0.136. The number of carbonyl (C=O) groups excluding carboxylic acids is 1. The Morgan fingerprint density at radius 3 is 1.85 bits per heavy atom.